The zero-order chi connectivity index (χ0) is 21.8. The molecular weight excluding hydrogens is 422 g/mol. The van der Waals surface area contributed by atoms with E-state index in [1.807, 2.05) is 6.07 Å². The summed E-state index contributed by atoms with van der Waals surface area (Å²) in [5.74, 6) is -0.0438. The van der Waals surface area contributed by atoms with E-state index in [1.165, 1.54) is 4.31 Å². The Bertz CT molecular complexity index is 1030. The average molecular weight is 450 g/mol. The topological polar surface area (TPSA) is 117 Å². The first-order valence-electron chi connectivity index (χ1n) is 10.4. The highest BCUT2D eigenvalue weighted by molar-refractivity contribution is 7.89. The van der Waals surface area contributed by atoms with Crippen LogP contribution in [0, 0.1) is 6.92 Å². The number of benzene rings is 1. The summed E-state index contributed by atoms with van der Waals surface area (Å²) in [6.45, 7) is 4.95. The number of carbonyl (C=O) groups is 1. The van der Waals surface area contributed by atoms with Crippen molar-refractivity contribution in [2.24, 2.45) is 0 Å². The van der Waals surface area contributed by atoms with Crippen LogP contribution in [0.25, 0.3) is 0 Å². The Balaban J connectivity index is 1.54. The van der Waals surface area contributed by atoms with Gasteiger partial charge < -0.3 is 19.5 Å². The second-order valence-electron chi connectivity index (χ2n) is 7.62. The van der Waals surface area contributed by atoms with Crippen LogP contribution in [0.2, 0.25) is 0 Å². The number of ether oxygens (including phenoxy) is 1. The molecule has 0 aliphatic carbocycles. The van der Waals surface area contributed by atoms with Gasteiger partial charge in [-0.2, -0.15) is 4.31 Å². The molecule has 2 N–H and O–H groups in total. The Labute approximate surface area is 181 Å². The summed E-state index contributed by atoms with van der Waals surface area (Å²) < 4.78 is 37.9. The summed E-state index contributed by atoms with van der Waals surface area (Å²) in [4.78, 5) is 14.7. The van der Waals surface area contributed by atoms with E-state index < -0.39 is 10.0 Å². The maximum atomic E-state index is 13.1. The largest absolute Gasteiger partial charge is 0.379 e. The van der Waals surface area contributed by atoms with E-state index in [4.69, 9.17) is 9.26 Å². The standard InChI is InChI=1S/C20H27N5O5S/c1-15-12-20(30-23-15)22-19(26)14-21-17-13-16(4-5-18(17)24-6-2-3-7-24)31(27,28)25-8-10-29-11-9-25/h4-5,12-13,21H,2-3,6-11,14H2,1H3,(H,22,26). The predicted molar refractivity (Wildman–Crippen MR) is 116 cm³/mol. The minimum Gasteiger partial charge on any atom is -0.379 e. The molecule has 2 fully saturated rings. The summed E-state index contributed by atoms with van der Waals surface area (Å²) >= 11 is 0. The summed E-state index contributed by atoms with van der Waals surface area (Å²) in [5.41, 5.74) is 2.17. The number of hydrogen-bond donors (Lipinski definition) is 2. The molecule has 31 heavy (non-hydrogen) atoms. The molecule has 0 saturated carbocycles. The summed E-state index contributed by atoms with van der Waals surface area (Å²) in [5, 5.41) is 9.48. The van der Waals surface area contributed by atoms with Crippen molar-refractivity contribution in [3.05, 3.63) is 30.0 Å². The molecule has 0 unspecified atom stereocenters. The van der Waals surface area contributed by atoms with E-state index in [9.17, 15) is 13.2 Å². The third-order valence-corrected chi connectivity index (χ3v) is 7.25. The smallest absolute Gasteiger partial charge is 0.246 e. The van der Waals surface area contributed by atoms with E-state index >= 15 is 0 Å². The van der Waals surface area contributed by atoms with Crippen LogP contribution in [-0.4, -0.2) is 69.7 Å². The number of nitrogens with one attached hydrogen (secondary N) is 2. The first-order chi connectivity index (χ1) is 14.9. The molecule has 10 nitrogen and oxygen atoms in total. The van der Waals surface area contributed by atoms with Crippen LogP contribution in [0.5, 0.6) is 0 Å². The molecule has 2 aliphatic heterocycles. The summed E-state index contributed by atoms with van der Waals surface area (Å²) in [6, 6.07) is 6.70. The lowest BCUT2D eigenvalue weighted by atomic mass is 10.2. The third-order valence-electron chi connectivity index (χ3n) is 5.35. The highest BCUT2D eigenvalue weighted by Gasteiger charge is 2.28. The number of hydrogen-bond acceptors (Lipinski definition) is 8. The van der Waals surface area contributed by atoms with Gasteiger partial charge in [0.25, 0.3) is 0 Å². The molecule has 2 aromatic rings. The molecule has 0 bridgehead atoms. The summed E-state index contributed by atoms with van der Waals surface area (Å²) in [6.07, 6.45) is 2.16. The SMILES string of the molecule is Cc1cc(NC(=O)CNc2cc(S(=O)(=O)N3CCOCC3)ccc2N2CCCC2)on1. The monoisotopic (exact) mass is 449 g/mol. The molecule has 1 aromatic heterocycles. The number of anilines is 3. The Morgan fingerprint density at radius 1 is 1.13 bits per heavy atom. The predicted octanol–water partition coefficient (Wildman–Crippen LogP) is 1.65. The lowest BCUT2D eigenvalue weighted by Crippen LogP contribution is -2.40. The van der Waals surface area contributed by atoms with Crippen molar-refractivity contribution in [1.82, 2.24) is 9.46 Å². The van der Waals surface area contributed by atoms with Crippen LogP contribution >= 0.6 is 0 Å². The number of rotatable bonds is 7. The number of aryl methyl sites for hydroxylation is 1. The van der Waals surface area contributed by atoms with E-state index in [0.717, 1.165) is 31.6 Å². The van der Waals surface area contributed by atoms with E-state index in [1.54, 1.807) is 25.1 Å². The molecule has 2 aliphatic rings. The van der Waals surface area contributed by atoms with Gasteiger partial charge in [-0.1, -0.05) is 5.16 Å². The molecule has 0 atom stereocenters. The van der Waals surface area contributed by atoms with Gasteiger partial charge in [0, 0.05) is 32.2 Å². The number of carbonyl (C=O) groups excluding carboxylic acids is 1. The van der Waals surface area contributed by atoms with Gasteiger partial charge in [-0.15, -0.1) is 0 Å². The molecule has 1 amide bonds. The minimum absolute atomic E-state index is 0.0400. The third kappa shape index (κ3) is 5.00. The molecule has 4 rings (SSSR count). The first-order valence-corrected chi connectivity index (χ1v) is 11.8. The highest BCUT2D eigenvalue weighted by Crippen LogP contribution is 2.32. The van der Waals surface area contributed by atoms with Crippen molar-refractivity contribution >= 4 is 33.2 Å². The molecule has 0 spiro atoms. The number of nitrogens with zero attached hydrogens (tertiary/aromatic N) is 3. The number of sulfonamides is 1. The maximum Gasteiger partial charge on any atom is 0.246 e. The van der Waals surface area contributed by atoms with E-state index in [2.05, 4.69) is 20.7 Å². The van der Waals surface area contributed by atoms with Gasteiger partial charge in [0.05, 0.1) is 41.7 Å². The van der Waals surface area contributed by atoms with E-state index in [0.29, 0.717) is 37.7 Å². The van der Waals surface area contributed by atoms with Crippen molar-refractivity contribution in [3.63, 3.8) is 0 Å². The zero-order valence-corrected chi connectivity index (χ0v) is 18.3. The van der Waals surface area contributed by atoms with Gasteiger partial charge in [-0.25, -0.2) is 8.42 Å². The van der Waals surface area contributed by atoms with Crippen molar-refractivity contribution in [3.8, 4) is 0 Å². The van der Waals surface area contributed by atoms with Crippen LogP contribution < -0.4 is 15.5 Å². The van der Waals surface area contributed by atoms with Gasteiger partial charge in [0.1, 0.15) is 0 Å². The number of amides is 1. The molecule has 1 aromatic carbocycles. The fourth-order valence-corrected chi connectivity index (χ4v) is 5.20. The Morgan fingerprint density at radius 3 is 2.55 bits per heavy atom. The van der Waals surface area contributed by atoms with Gasteiger partial charge in [-0.05, 0) is 38.0 Å². The van der Waals surface area contributed by atoms with Crippen LogP contribution in [0.3, 0.4) is 0 Å². The second kappa shape index (κ2) is 9.25. The van der Waals surface area contributed by atoms with Crippen LogP contribution in [0.15, 0.2) is 33.7 Å². The molecule has 168 valence electrons. The lowest BCUT2D eigenvalue weighted by molar-refractivity contribution is -0.114. The van der Waals surface area contributed by atoms with Crippen molar-refractivity contribution in [1.29, 1.82) is 0 Å². The van der Waals surface area contributed by atoms with Crippen molar-refractivity contribution < 1.29 is 22.5 Å². The molecule has 2 saturated heterocycles. The maximum absolute atomic E-state index is 13.1. The van der Waals surface area contributed by atoms with Crippen molar-refractivity contribution in [2.75, 3.05) is 61.5 Å². The van der Waals surface area contributed by atoms with Crippen LogP contribution in [0.1, 0.15) is 18.5 Å². The Hall–Kier alpha value is -2.63. The number of morpholine rings is 1. The van der Waals surface area contributed by atoms with Crippen LogP contribution in [0.4, 0.5) is 17.3 Å². The normalized spacial score (nSPS) is 17.6. The van der Waals surface area contributed by atoms with Gasteiger partial charge in [0.15, 0.2) is 0 Å². The molecule has 11 heteroatoms. The molecule has 0 radical (unpaired) electrons. The average Bonchev–Trinajstić information content (AvgIpc) is 3.44. The van der Waals surface area contributed by atoms with Gasteiger partial charge in [0.2, 0.25) is 21.8 Å². The highest BCUT2D eigenvalue weighted by atomic mass is 32.2. The fourth-order valence-electron chi connectivity index (χ4n) is 3.77. The van der Waals surface area contributed by atoms with Crippen LogP contribution in [-0.2, 0) is 19.6 Å². The molecular formula is C20H27N5O5S. The fraction of sp³-hybridized carbons (Fsp3) is 0.500. The van der Waals surface area contributed by atoms with Gasteiger partial charge in [-0.3, -0.25) is 10.1 Å². The first kappa shape index (κ1) is 21.6. The molecule has 3 heterocycles. The summed E-state index contributed by atoms with van der Waals surface area (Å²) in [7, 11) is -3.64. The Kier molecular flexibility index (Phi) is 6.44. The van der Waals surface area contributed by atoms with E-state index in [-0.39, 0.29) is 23.2 Å². The van der Waals surface area contributed by atoms with Crippen molar-refractivity contribution in [2.45, 2.75) is 24.7 Å². The zero-order valence-electron chi connectivity index (χ0n) is 17.5. The second-order valence-corrected chi connectivity index (χ2v) is 9.56. The Morgan fingerprint density at radius 2 is 1.87 bits per heavy atom. The quantitative estimate of drug-likeness (QED) is 0.655. The number of aromatic nitrogens is 1. The van der Waals surface area contributed by atoms with Gasteiger partial charge >= 0.3 is 0 Å². The minimum atomic E-state index is -3.64. The lowest BCUT2D eigenvalue weighted by Gasteiger charge is -2.27.